The second-order valence-corrected chi connectivity index (χ2v) is 5.91. The van der Waals surface area contributed by atoms with Crippen LogP contribution in [0.1, 0.15) is 22.3 Å². The average molecular weight is 292 g/mol. The van der Waals surface area contributed by atoms with Gasteiger partial charge in [-0.25, -0.2) is 0 Å². The van der Waals surface area contributed by atoms with E-state index < -0.39 is 0 Å². The summed E-state index contributed by atoms with van der Waals surface area (Å²) in [7, 11) is 2.12. The van der Waals surface area contributed by atoms with Gasteiger partial charge in [0.15, 0.2) is 0 Å². The number of hydrogen-bond acceptors (Lipinski definition) is 0. The highest BCUT2D eigenvalue weighted by Gasteiger charge is 2.18. The molecule has 0 unspecified atom stereocenters. The number of aryl methyl sites for hydroxylation is 1. The average Bonchev–Trinajstić information content (AvgIpc) is 2.48. The molecule has 2 aromatic rings. The number of hydrogen-bond donors (Lipinski definition) is 0. The van der Waals surface area contributed by atoms with Crippen molar-refractivity contribution in [2.24, 2.45) is 0 Å². The van der Waals surface area contributed by atoms with Crippen LogP contribution in [0.25, 0.3) is 11.1 Å². The Balaban J connectivity index is 2.06. The Bertz CT molecular complexity index is 756. The summed E-state index contributed by atoms with van der Waals surface area (Å²) in [4.78, 5) is 0. The molecule has 0 aliphatic heterocycles. The highest BCUT2D eigenvalue weighted by molar-refractivity contribution is 6.51. The van der Waals surface area contributed by atoms with Gasteiger partial charge in [0.05, 0.1) is 0 Å². The Hall–Kier alpha value is -1.73. The third-order valence-corrected chi connectivity index (χ3v) is 4.46. The molecule has 3 rings (SSSR count). The van der Waals surface area contributed by atoms with Gasteiger partial charge in [-0.05, 0) is 46.4 Å². The van der Waals surface area contributed by atoms with Gasteiger partial charge in [0.2, 0.25) is 0 Å². The third kappa shape index (κ3) is 2.58. The van der Waals surface area contributed by atoms with E-state index in [0.717, 1.165) is 17.0 Å². The maximum Gasteiger partial charge on any atom is 0.148 e. The lowest BCUT2D eigenvalue weighted by Gasteiger charge is -2.21. The minimum atomic E-state index is 0.829. The first-order valence-electron chi connectivity index (χ1n) is 7.18. The predicted octanol–water partition coefficient (Wildman–Crippen LogP) is 4.68. The zero-order valence-corrected chi connectivity index (χ0v) is 13.2. The Morgan fingerprint density at radius 1 is 1.14 bits per heavy atom. The summed E-state index contributed by atoms with van der Waals surface area (Å²) in [6.07, 6.45) is 3.06. The minimum Gasteiger partial charge on any atom is -0.0911 e. The highest BCUT2D eigenvalue weighted by atomic mass is 35.5. The van der Waals surface area contributed by atoms with Crippen LogP contribution >= 0.6 is 11.6 Å². The molecule has 0 aromatic heterocycles. The highest BCUT2D eigenvalue weighted by Crippen LogP contribution is 2.37. The standard InChI is InChI=1S/C19H17BCl/c1-12-9-14(11-18-17(12)5-4-6-19(18)21)16-8-7-15(20-3)10-13(16)2/h4-10H,1,11H2,2-3H3. The molecule has 1 aliphatic carbocycles. The van der Waals surface area contributed by atoms with Crippen LogP contribution in [-0.2, 0) is 6.42 Å². The number of halogens is 1. The molecule has 0 bridgehead atoms. The van der Waals surface area contributed by atoms with E-state index in [1.54, 1.807) is 0 Å². The summed E-state index contributed by atoms with van der Waals surface area (Å²) in [5.74, 6) is 0. The summed E-state index contributed by atoms with van der Waals surface area (Å²) in [6.45, 7) is 8.42. The second kappa shape index (κ2) is 5.58. The molecule has 1 radical (unpaired) electrons. The molecule has 0 saturated heterocycles. The SMILES string of the molecule is C=C1C=C(c2ccc([B]C)cc2C)Cc2c(Cl)cccc21. The fourth-order valence-electron chi connectivity index (χ4n) is 2.97. The van der Waals surface area contributed by atoms with Crippen molar-refractivity contribution in [2.45, 2.75) is 20.2 Å². The Labute approximate surface area is 132 Å². The molecule has 0 N–H and O–H groups in total. The normalized spacial score (nSPS) is 13.7. The lowest BCUT2D eigenvalue weighted by molar-refractivity contribution is 1.23. The van der Waals surface area contributed by atoms with E-state index in [-0.39, 0.29) is 0 Å². The molecule has 0 spiro atoms. The van der Waals surface area contributed by atoms with Gasteiger partial charge in [0.1, 0.15) is 7.28 Å². The van der Waals surface area contributed by atoms with Crippen LogP contribution in [0.5, 0.6) is 0 Å². The molecule has 2 heteroatoms. The molecule has 0 nitrogen and oxygen atoms in total. The molecule has 0 atom stereocenters. The Morgan fingerprint density at radius 3 is 2.67 bits per heavy atom. The molecular formula is C19H17BCl. The van der Waals surface area contributed by atoms with Gasteiger partial charge < -0.3 is 0 Å². The van der Waals surface area contributed by atoms with Crippen molar-refractivity contribution in [3.8, 4) is 0 Å². The van der Waals surface area contributed by atoms with Crippen molar-refractivity contribution >= 4 is 35.5 Å². The second-order valence-electron chi connectivity index (χ2n) is 5.50. The Morgan fingerprint density at radius 2 is 1.95 bits per heavy atom. The molecule has 0 heterocycles. The van der Waals surface area contributed by atoms with E-state index in [0.29, 0.717) is 0 Å². The number of rotatable bonds is 2. The smallest absolute Gasteiger partial charge is 0.0911 e. The first-order valence-corrected chi connectivity index (χ1v) is 7.55. The topological polar surface area (TPSA) is 0 Å². The van der Waals surface area contributed by atoms with Crippen molar-refractivity contribution in [1.29, 1.82) is 0 Å². The van der Waals surface area contributed by atoms with E-state index in [1.807, 2.05) is 12.1 Å². The lowest BCUT2D eigenvalue weighted by atomic mass is 9.72. The molecular weight excluding hydrogens is 274 g/mol. The molecule has 0 amide bonds. The Kier molecular flexibility index (Phi) is 3.78. The molecule has 0 saturated carbocycles. The lowest BCUT2D eigenvalue weighted by Crippen LogP contribution is -2.12. The van der Waals surface area contributed by atoms with Gasteiger partial charge in [-0.15, -0.1) is 0 Å². The summed E-state index contributed by atoms with van der Waals surface area (Å²) in [5, 5.41) is 0.829. The first kappa shape index (κ1) is 14.2. The van der Waals surface area contributed by atoms with Crippen molar-refractivity contribution in [3.05, 3.63) is 76.3 Å². The van der Waals surface area contributed by atoms with Gasteiger partial charge >= 0.3 is 0 Å². The van der Waals surface area contributed by atoms with Crippen molar-refractivity contribution < 1.29 is 0 Å². The molecule has 103 valence electrons. The van der Waals surface area contributed by atoms with Crippen LogP contribution in [0, 0.1) is 6.92 Å². The van der Waals surface area contributed by atoms with Gasteiger partial charge in [-0.2, -0.15) is 0 Å². The minimum absolute atomic E-state index is 0.829. The number of fused-ring (bicyclic) bond motifs is 1. The van der Waals surface area contributed by atoms with Crippen molar-refractivity contribution in [1.82, 2.24) is 0 Å². The van der Waals surface area contributed by atoms with Gasteiger partial charge in [0.25, 0.3) is 0 Å². The van der Waals surface area contributed by atoms with Gasteiger partial charge in [0, 0.05) is 11.4 Å². The third-order valence-electron chi connectivity index (χ3n) is 4.11. The molecule has 2 aromatic carbocycles. The van der Waals surface area contributed by atoms with Crippen LogP contribution in [0.4, 0.5) is 0 Å². The quantitative estimate of drug-likeness (QED) is 0.705. The molecule has 1 aliphatic rings. The molecule has 21 heavy (non-hydrogen) atoms. The van der Waals surface area contributed by atoms with Crippen LogP contribution in [0.15, 0.2) is 49.1 Å². The van der Waals surface area contributed by atoms with Gasteiger partial charge in [-0.1, -0.05) is 66.9 Å². The summed E-state index contributed by atoms with van der Waals surface area (Å²) in [6, 6.07) is 12.6. The van der Waals surface area contributed by atoms with Gasteiger partial charge in [-0.3, -0.25) is 0 Å². The van der Waals surface area contributed by atoms with E-state index in [1.165, 1.54) is 33.3 Å². The zero-order chi connectivity index (χ0) is 15.0. The number of allylic oxidation sites excluding steroid dienone is 3. The van der Waals surface area contributed by atoms with Crippen LogP contribution in [-0.4, -0.2) is 7.28 Å². The largest absolute Gasteiger partial charge is 0.148 e. The zero-order valence-electron chi connectivity index (χ0n) is 12.4. The van der Waals surface area contributed by atoms with Crippen molar-refractivity contribution in [2.75, 3.05) is 0 Å². The summed E-state index contributed by atoms with van der Waals surface area (Å²) in [5.41, 5.74) is 8.52. The maximum absolute atomic E-state index is 6.37. The van der Waals surface area contributed by atoms with E-state index in [4.69, 9.17) is 11.6 Å². The fourth-order valence-corrected chi connectivity index (χ4v) is 3.21. The number of benzene rings is 2. The monoisotopic (exact) mass is 291 g/mol. The maximum atomic E-state index is 6.37. The van der Waals surface area contributed by atoms with Crippen LogP contribution in [0.2, 0.25) is 11.8 Å². The van der Waals surface area contributed by atoms with Crippen LogP contribution in [0.3, 0.4) is 0 Å². The summed E-state index contributed by atoms with van der Waals surface area (Å²) < 4.78 is 0. The van der Waals surface area contributed by atoms with E-state index >= 15 is 0 Å². The fraction of sp³-hybridized carbons (Fsp3) is 0.158. The van der Waals surface area contributed by atoms with Crippen LogP contribution < -0.4 is 5.46 Å². The van der Waals surface area contributed by atoms with E-state index in [9.17, 15) is 0 Å². The predicted molar refractivity (Wildman–Crippen MR) is 94.6 cm³/mol. The van der Waals surface area contributed by atoms with E-state index in [2.05, 4.69) is 57.9 Å². The van der Waals surface area contributed by atoms with Crippen molar-refractivity contribution in [3.63, 3.8) is 0 Å². The molecule has 0 fully saturated rings. The summed E-state index contributed by atoms with van der Waals surface area (Å²) >= 11 is 6.37. The first-order chi connectivity index (χ1) is 10.1.